The van der Waals surface area contributed by atoms with Crippen LogP contribution in [-0.2, 0) is 16.1 Å². The van der Waals surface area contributed by atoms with E-state index >= 15 is 0 Å². The predicted octanol–water partition coefficient (Wildman–Crippen LogP) is 2.57. The Morgan fingerprint density at radius 2 is 2.04 bits per heavy atom. The van der Waals surface area contributed by atoms with Gasteiger partial charge in [0.15, 0.2) is 5.76 Å². The van der Waals surface area contributed by atoms with Gasteiger partial charge in [-0.25, -0.2) is 0 Å². The minimum absolute atomic E-state index is 0.0778. The van der Waals surface area contributed by atoms with Crippen LogP contribution in [0, 0.1) is 0 Å². The fourth-order valence-electron chi connectivity index (χ4n) is 2.28. The van der Waals surface area contributed by atoms with Crippen molar-refractivity contribution in [1.29, 1.82) is 0 Å². The van der Waals surface area contributed by atoms with Crippen LogP contribution in [0.15, 0.2) is 46.4 Å². The van der Waals surface area contributed by atoms with Crippen molar-refractivity contribution in [3.8, 4) is 11.3 Å². The van der Waals surface area contributed by atoms with Crippen LogP contribution in [0.5, 0.6) is 0 Å². The van der Waals surface area contributed by atoms with Gasteiger partial charge in [-0.1, -0.05) is 46.8 Å². The summed E-state index contributed by atoms with van der Waals surface area (Å²) in [6, 6.07) is 11.5. The van der Waals surface area contributed by atoms with Crippen molar-refractivity contribution >= 4 is 28.3 Å². The summed E-state index contributed by atoms with van der Waals surface area (Å²) < 4.78 is 5.30. The Bertz CT molecular complexity index is 864. The van der Waals surface area contributed by atoms with Gasteiger partial charge in [0.05, 0.1) is 6.54 Å². The van der Waals surface area contributed by atoms with E-state index in [2.05, 4.69) is 20.7 Å². The van der Waals surface area contributed by atoms with Gasteiger partial charge in [-0.05, 0) is 0 Å². The third kappa shape index (κ3) is 4.73. The topological polar surface area (TPSA) is 101 Å². The van der Waals surface area contributed by atoms with Gasteiger partial charge in [0.2, 0.25) is 16.9 Å². The van der Waals surface area contributed by atoms with Gasteiger partial charge in [-0.3, -0.25) is 9.59 Å². The van der Waals surface area contributed by atoms with Crippen LogP contribution in [0.3, 0.4) is 0 Å². The van der Waals surface area contributed by atoms with Crippen LogP contribution in [0.4, 0.5) is 5.13 Å². The van der Waals surface area contributed by atoms with Crippen LogP contribution in [0.1, 0.15) is 18.6 Å². The van der Waals surface area contributed by atoms with E-state index in [1.807, 2.05) is 30.3 Å². The lowest BCUT2D eigenvalue weighted by Crippen LogP contribution is -2.27. The maximum absolute atomic E-state index is 12.2. The van der Waals surface area contributed by atoms with Crippen LogP contribution >= 0.6 is 11.3 Å². The molecule has 0 saturated heterocycles. The van der Waals surface area contributed by atoms with Gasteiger partial charge >= 0.3 is 0 Å². The molecule has 0 atom stereocenters. The summed E-state index contributed by atoms with van der Waals surface area (Å²) >= 11 is 1.23. The molecule has 0 fully saturated rings. The molecule has 0 aliphatic carbocycles. The van der Waals surface area contributed by atoms with Crippen molar-refractivity contribution in [3.63, 3.8) is 0 Å². The zero-order valence-corrected chi connectivity index (χ0v) is 14.9. The van der Waals surface area contributed by atoms with Gasteiger partial charge in [0.1, 0.15) is 11.2 Å². The SMILES string of the molecule is CN(Cc1cc(-c2ccccc2)no1)C(=O)CCC(=O)Nc1nncs1. The smallest absolute Gasteiger partial charge is 0.226 e. The highest BCUT2D eigenvalue weighted by molar-refractivity contribution is 7.13. The minimum atomic E-state index is -0.269. The normalized spacial score (nSPS) is 10.5. The van der Waals surface area contributed by atoms with E-state index < -0.39 is 0 Å². The molecular formula is C17H17N5O3S. The van der Waals surface area contributed by atoms with Crippen LogP contribution in [0.2, 0.25) is 0 Å². The van der Waals surface area contributed by atoms with E-state index in [1.165, 1.54) is 21.7 Å². The molecule has 0 aliphatic heterocycles. The molecule has 3 aromatic rings. The number of rotatable bonds is 7. The number of nitrogens with zero attached hydrogens (tertiary/aromatic N) is 4. The molecule has 2 heterocycles. The molecule has 26 heavy (non-hydrogen) atoms. The lowest BCUT2D eigenvalue weighted by molar-refractivity contribution is -0.132. The summed E-state index contributed by atoms with van der Waals surface area (Å²) in [5, 5.41) is 14.4. The molecule has 0 unspecified atom stereocenters. The number of hydrogen-bond donors (Lipinski definition) is 1. The van der Waals surface area contributed by atoms with Crippen LogP contribution in [-0.4, -0.2) is 39.1 Å². The summed E-state index contributed by atoms with van der Waals surface area (Å²) in [5.74, 6) is 0.155. The Morgan fingerprint density at radius 1 is 1.23 bits per heavy atom. The molecule has 134 valence electrons. The van der Waals surface area contributed by atoms with E-state index in [0.29, 0.717) is 10.9 Å². The van der Waals surface area contributed by atoms with E-state index in [-0.39, 0.29) is 31.2 Å². The highest BCUT2D eigenvalue weighted by Gasteiger charge is 2.15. The number of nitrogens with one attached hydrogen (secondary N) is 1. The van der Waals surface area contributed by atoms with Gasteiger partial charge in [0, 0.05) is 31.5 Å². The van der Waals surface area contributed by atoms with E-state index in [0.717, 1.165) is 11.3 Å². The van der Waals surface area contributed by atoms with Crippen molar-refractivity contribution in [1.82, 2.24) is 20.3 Å². The number of carbonyl (C=O) groups is 2. The molecule has 0 radical (unpaired) electrons. The number of amides is 2. The van der Waals surface area contributed by atoms with Crippen molar-refractivity contribution in [2.24, 2.45) is 0 Å². The second-order valence-electron chi connectivity index (χ2n) is 5.59. The largest absolute Gasteiger partial charge is 0.359 e. The van der Waals surface area contributed by atoms with Crippen molar-refractivity contribution < 1.29 is 14.1 Å². The third-order valence-electron chi connectivity index (χ3n) is 3.62. The molecule has 8 nitrogen and oxygen atoms in total. The van der Waals surface area contributed by atoms with Gasteiger partial charge in [-0.2, -0.15) is 0 Å². The lowest BCUT2D eigenvalue weighted by atomic mass is 10.1. The molecule has 0 spiro atoms. The molecular weight excluding hydrogens is 354 g/mol. The van der Waals surface area contributed by atoms with Gasteiger partial charge in [-0.15, -0.1) is 10.2 Å². The molecule has 1 N–H and O–H groups in total. The third-order valence-corrected chi connectivity index (χ3v) is 4.23. The van der Waals surface area contributed by atoms with Crippen LogP contribution < -0.4 is 5.32 Å². The fourth-order valence-corrected chi connectivity index (χ4v) is 2.74. The maximum Gasteiger partial charge on any atom is 0.226 e. The standard InChI is InChI=1S/C17H17N5O3S/c1-22(16(24)8-7-15(23)19-17-20-18-11-26-17)10-13-9-14(21-25-13)12-5-3-2-4-6-12/h2-6,9,11H,7-8,10H2,1H3,(H,19,20,23). The van der Waals surface area contributed by atoms with Crippen LogP contribution in [0.25, 0.3) is 11.3 Å². The second-order valence-corrected chi connectivity index (χ2v) is 6.42. The lowest BCUT2D eigenvalue weighted by Gasteiger charge is -2.14. The number of carbonyl (C=O) groups excluding carboxylic acids is 2. The summed E-state index contributed by atoms with van der Waals surface area (Å²) in [4.78, 5) is 25.5. The second kappa shape index (κ2) is 8.34. The minimum Gasteiger partial charge on any atom is -0.359 e. The van der Waals surface area contributed by atoms with E-state index in [9.17, 15) is 9.59 Å². The Labute approximate surface area is 153 Å². The highest BCUT2D eigenvalue weighted by Crippen LogP contribution is 2.19. The molecule has 1 aromatic carbocycles. The van der Waals surface area contributed by atoms with Crippen molar-refractivity contribution in [2.45, 2.75) is 19.4 Å². The summed E-state index contributed by atoms with van der Waals surface area (Å²) in [7, 11) is 1.66. The molecule has 0 aliphatic rings. The summed E-state index contributed by atoms with van der Waals surface area (Å²) in [6.07, 6.45) is 0.176. The van der Waals surface area contributed by atoms with E-state index in [4.69, 9.17) is 4.52 Å². The number of hydrogen-bond acceptors (Lipinski definition) is 7. The van der Waals surface area contributed by atoms with Gasteiger partial charge in [0.25, 0.3) is 0 Å². The fraction of sp³-hybridized carbons (Fsp3) is 0.235. The average molecular weight is 371 g/mol. The Kier molecular flexibility index (Phi) is 5.69. The summed E-state index contributed by atoms with van der Waals surface area (Å²) in [6.45, 7) is 0.288. The number of benzene rings is 1. The molecule has 0 saturated carbocycles. The first kappa shape index (κ1) is 17.7. The van der Waals surface area contributed by atoms with Crippen molar-refractivity contribution in [2.75, 3.05) is 12.4 Å². The summed E-state index contributed by atoms with van der Waals surface area (Å²) in [5.41, 5.74) is 3.19. The Morgan fingerprint density at radius 3 is 2.77 bits per heavy atom. The predicted molar refractivity (Wildman–Crippen MR) is 96.2 cm³/mol. The number of anilines is 1. The Balaban J connectivity index is 1.48. The monoisotopic (exact) mass is 371 g/mol. The van der Waals surface area contributed by atoms with Crippen molar-refractivity contribution in [3.05, 3.63) is 47.7 Å². The first-order valence-corrected chi connectivity index (χ1v) is 8.81. The molecule has 2 amide bonds. The molecule has 0 bridgehead atoms. The first-order chi connectivity index (χ1) is 12.6. The van der Waals surface area contributed by atoms with E-state index in [1.54, 1.807) is 13.1 Å². The zero-order chi connectivity index (χ0) is 18.4. The Hall–Kier alpha value is -3.07. The quantitative estimate of drug-likeness (QED) is 0.685. The molecule has 2 aromatic heterocycles. The molecule has 9 heteroatoms. The highest BCUT2D eigenvalue weighted by atomic mass is 32.1. The average Bonchev–Trinajstić information content (AvgIpc) is 3.32. The maximum atomic E-state index is 12.2. The van der Waals surface area contributed by atoms with Gasteiger partial charge < -0.3 is 14.7 Å². The molecule has 3 rings (SSSR count). The number of aromatic nitrogens is 3. The first-order valence-electron chi connectivity index (χ1n) is 7.93. The zero-order valence-electron chi connectivity index (χ0n) is 14.1.